The van der Waals surface area contributed by atoms with Gasteiger partial charge < -0.3 is 10.1 Å². The van der Waals surface area contributed by atoms with Crippen LogP contribution in [-0.4, -0.2) is 6.54 Å². The van der Waals surface area contributed by atoms with E-state index in [0.29, 0.717) is 6.61 Å². The van der Waals surface area contributed by atoms with Gasteiger partial charge in [-0.25, -0.2) is 0 Å². The highest BCUT2D eigenvalue weighted by atomic mass is 79.9. The molecule has 0 heterocycles. The van der Waals surface area contributed by atoms with E-state index in [9.17, 15) is 0 Å². The molecule has 2 aromatic carbocycles. The Morgan fingerprint density at radius 3 is 2.48 bits per heavy atom. The Hall–Kier alpha value is -1.03. The van der Waals surface area contributed by atoms with Crippen molar-refractivity contribution in [1.82, 2.24) is 5.32 Å². The second-order valence-electron chi connectivity index (χ2n) is 4.72. The second-order valence-corrected chi connectivity index (χ2v) is 5.57. The Bertz CT molecular complexity index is 534. The molecule has 0 aliphatic heterocycles. The van der Waals surface area contributed by atoms with Crippen molar-refractivity contribution >= 4 is 28.3 Å². The lowest BCUT2D eigenvalue weighted by Crippen LogP contribution is -2.13. The van der Waals surface area contributed by atoms with Gasteiger partial charge in [-0.3, -0.25) is 0 Å². The number of rotatable bonds is 7. The summed E-state index contributed by atoms with van der Waals surface area (Å²) in [5.41, 5.74) is 2.44. The van der Waals surface area contributed by atoms with Crippen molar-refractivity contribution in [2.24, 2.45) is 0 Å². The molecule has 2 aromatic rings. The number of halogens is 2. The van der Waals surface area contributed by atoms with Crippen LogP contribution in [0.25, 0.3) is 0 Å². The van der Waals surface area contributed by atoms with Crippen LogP contribution in [0.1, 0.15) is 24.5 Å². The van der Waals surface area contributed by atoms with Crippen LogP contribution in [-0.2, 0) is 13.2 Å². The molecule has 0 saturated heterocycles. The molecule has 0 radical (unpaired) electrons. The second kappa shape index (κ2) is 9.82. The molecule has 0 atom stereocenters. The zero-order chi connectivity index (χ0) is 14.2. The molecule has 2 nitrogen and oxygen atoms in total. The fourth-order valence-corrected chi connectivity index (χ4v) is 2.46. The average Bonchev–Trinajstić information content (AvgIpc) is 2.48. The van der Waals surface area contributed by atoms with Gasteiger partial charge >= 0.3 is 0 Å². The van der Waals surface area contributed by atoms with Crippen molar-refractivity contribution in [1.29, 1.82) is 0 Å². The maximum absolute atomic E-state index is 5.84. The van der Waals surface area contributed by atoms with Gasteiger partial charge in [-0.2, -0.15) is 0 Å². The summed E-state index contributed by atoms with van der Waals surface area (Å²) in [4.78, 5) is 0. The first-order valence-corrected chi connectivity index (χ1v) is 7.74. The van der Waals surface area contributed by atoms with E-state index in [4.69, 9.17) is 4.74 Å². The molecule has 1 N–H and O–H groups in total. The smallest absolute Gasteiger partial charge is 0.134 e. The number of benzene rings is 2. The summed E-state index contributed by atoms with van der Waals surface area (Å²) in [7, 11) is 0. The monoisotopic (exact) mass is 369 g/mol. The molecule has 0 spiro atoms. The zero-order valence-electron chi connectivity index (χ0n) is 12.1. The van der Waals surface area contributed by atoms with Gasteiger partial charge in [0.25, 0.3) is 0 Å². The molecule has 4 heteroatoms. The van der Waals surface area contributed by atoms with Gasteiger partial charge in [0.05, 0.1) is 4.47 Å². The lowest BCUT2D eigenvalue weighted by molar-refractivity contribution is 0.304. The number of nitrogens with one attached hydrogen (secondary N) is 1. The van der Waals surface area contributed by atoms with E-state index in [2.05, 4.69) is 52.4 Å². The number of ether oxygens (including phenoxy) is 1. The molecule has 0 bridgehead atoms. The van der Waals surface area contributed by atoms with E-state index in [1.165, 1.54) is 11.1 Å². The number of hydrogen-bond donors (Lipinski definition) is 1. The fraction of sp³-hybridized carbons (Fsp3) is 0.294. The standard InChI is InChI=1S/C17H20BrNO.ClH/c1-2-10-19-12-15-8-9-17(16(18)11-15)20-13-14-6-4-3-5-7-14;/h3-9,11,19H,2,10,12-13H2,1H3;1H. The molecule has 0 amide bonds. The van der Waals surface area contributed by atoms with Gasteiger partial charge in [0.2, 0.25) is 0 Å². The minimum Gasteiger partial charge on any atom is -0.488 e. The Kier molecular flexibility index (Phi) is 8.43. The van der Waals surface area contributed by atoms with E-state index < -0.39 is 0 Å². The van der Waals surface area contributed by atoms with Gasteiger partial charge in [-0.15, -0.1) is 12.4 Å². The number of hydrogen-bond acceptors (Lipinski definition) is 2. The molecule has 2 rings (SSSR count). The third-order valence-electron chi connectivity index (χ3n) is 2.99. The topological polar surface area (TPSA) is 21.3 Å². The highest BCUT2D eigenvalue weighted by Crippen LogP contribution is 2.26. The van der Waals surface area contributed by atoms with Gasteiger partial charge in [0.1, 0.15) is 12.4 Å². The summed E-state index contributed by atoms with van der Waals surface area (Å²) in [6.07, 6.45) is 1.15. The predicted molar refractivity (Wildman–Crippen MR) is 94.2 cm³/mol. The van der Waals surface area contributed by atoms with E-state index >= 15 is 0 Å². The zero-order valence-corrected chi connectivity index (χ0v) is 14.5. The third kappa shape index (κ3) is 6.08. The van der Waals surface area contributed by atoms with Crippen LogP contribution in [0.2, 0.25) is 0 Å². The van der Waals surface area contributed by atoms with Crippen molar-refractivity contribution in [3.05, 3.63) is 64.1 Å². The quantitative estimate of drug-likeness (QED) is 0.696. The van der Waals surface area contributed by atoms with Crippen LogP contribution < -0.4 is 10.1 Å². The Morgan fingerprint density at radius 1 is 1.05 bits per heavy atom. The highest BCUT2D eigenvalue weighted by Gasteiger charge is 2.03. The highest BCUT2D eigenvalue weighted by molar-refractivity contribution is 9.10. The molecule has 0 fully saturated rings. The summed E-state index contributed by atoms with van der Waals surface area (Å²) in [5, 5.41) is 3.39. The minimum absolute atomic E-state index is 0. The van der Waals surface area contributed by atoms with E-state index in [0.717, 1.165) is 29.7 Å². The Balaban J connectivity index is 0.00000220. The summed E-state index contributed by atoms with van der Waals surface area (Å²) >= 11 is 3.58. The average molecular weight is 371 g/mol. The molecule has 114 valence electrons. The van der Waals surface area contributed by atoms with Crippen LogP contribution in [0.15, 0.2) is 53.0 Å². The first kappa shape index (κ1) is 18.0. The van der Waals surface area contributed by atoms with Crippen LogP contribution in [0, 0.1) is 0 Å². The maximum Gasteiger partial charge on any atom is 0.134 e. The molecular formula is C17H21BrClNO. The minimum atomic E-state index is 0. The predicted octanol–water partition coefficient (Wildman–Crippen LogP) is 4.95. The fourth-order valence-electron chi connectivity index (χ4n) is 1.92. The van der Waals surface area contributed by atoms with Crippen LogP contribution in [0.5, 0.6) is 5.75 Å². The molecule has 21 heavy (non-hydrogen) atoms. The Morgan fingerprint density at radius 2 is 1.81 bits per heavy atom. The molecular weight excluding hydrogens is 350 g/mol. The van der Waals surface area contributed by atoms with Crippen LogP contribution in [0.4, 0.5) is 0 Å². The van der Waals surface area contributed by atoms with Crippen molar-refractivity contribution in [3.8, 4) is 5.75 Å². The van der Waals surface area contributed by atoms with Gasteiger partial charge in [-0.05, 0) is 52.2 Å². The summed E-state index contributed by atoms with van der Waals surface area (Å²) < 4.78 is 6.84. The summed E-state index contributed by atoms with van der Waals surface area (Å²) in [6.45, 7) is 4.70. The molecule has 0 aliphatic carbocycles. The lowest BCUT2D eigenvalue weighted by Gasteiger charge is -2.10. The maximum atomic E-state index is 5.84. The van der Waals surface area contributed by atoms with Crippen molar-refractivity contribution in [3.63, 3.8) is 0 Å². The SMILES string of the molecule is CCCNCc1ccc(OCc2ccccc2)c(Br)c1.Cl. The molecule has 0 aromatic heterocycles. The molecule has 0 saturated carbocycles. The molecule has 0 aliphatic rings. The van der Waals surface area contributed by atoms with Gasteiger partial charge in [0.15, 0.2) is 0 Å². The summed E-state index contributed by atoms with van der Waals surface area (Å²) in [5.74, 6) is 0.882. The van der Waals surface area contributed by atoms with Crippen LogP contribution in [0.3, 0.4) is 0 Å². The lowest BCUT2D eigenvalue weighted by atomic mass is 10.2. The first-order valence-electron chi connectivity index (χ1n) is 6.95. The third-order valence-corrected chi connectivity index (χ3v) is 3.61. The van der Waals surface area contributed by atoms with Gasteiger partial charge in [0, 0.05) is 6.54 Å². The van der Waals surface area contributed by atoms with Crippen molar-refractivity contribution in [2.75, 3.05) is 6.54 Å². The normalized spacial score (nSPS) is 10.0. The largest absolute Gasteiger partial charge is 0.488 e. The first-order chi connectivity index (χ1) is 9.79. The Labute approximate surface area is 141 Å². The van der Waals surface area contributed by atoms with E-state index in [-0.39, 0.29) is 12.4 Å². The van der Waals surface area contributed by atoms with E-state index in [1.807, 2.05) is 24.3 Å². The van der Waals surface area contributed by atoms with Crippen molar-refractivity contribution < 1.29 is 4.74 Å². The van der Waals surface area contributed by atoms with Crippen LogP contribution >= 0.6 is 28.3 Å². The summed E-state index contributed by atoms with van der Waals surface area (Å²) in [6, 6.07) is 16.4. The van der Waals surface area contributed by atoms with Crippen molar-refractivity contribution in [2.45, 2.75) is 26.5 Å². The molecule has 0 unspecified atom stereocenters. The van der Waals surface area contributed by atoms with Gasteiger partial charge in [-0.1, -0.05) is 43.3 Å². The van der Waals surface area contributed by atoms with E-state index in [1.54, 1.807) is 0 Å².